The van der Waals surface area contributed by atoms with Crippen molar-refractivity contribution in [2.45, 2.75) is 33.2 Å². The summed E-state index contributed by atoms with van der Waals surface area (Å²) < 4.78 is 0. The van der Waals surface area contributed by atoms with Gasteiger partial charge in [-0.15, -0.1) is 0 Å². The van der Waals surface area contributed by atoms with E-state index in [2.05, 4.69) is 32.2 Å². The van der Waals surface area contributed by atoms with Crippen LogP contribution in [0.2, 0.25) is 0 Å². The maximum absolute atomic E-state index is 9.12. The van der Waals surface area contributed by atoms with Crippen molar-refractivity contribution in [1.29, 1.82) is 5.26 Å². The lowest BCUT2D eigenvalue weighted by molar-refractivity contribution is 0.235. The SMILES string of the molecule is CC(C)(C)C(CCO)Nc1ccc(C#N)cc1N. The lowest BCUT2D eigenvalue weighted by Crippen LogP contribution is -2.35. The summed E-state index contributed by atoms with van der Waals surface area (Å²) in [6, 6.07) is 7.38. The van der Waals surface area contributed by atoms with Crippen molar-refractivity contribution < 1.29 is 5.11 Å². The average Bonchev–Trinajstić information content (AvgIpc) is 2.29. The minimum Gasteiger partial charge on any atom is -0.397 e. The van der Waals surface area contributed by atoms with Crippen molar-refractivity contribution in [1.82, 2.24) is 0 Å². The molecule has 0 spiro atoms. The molecule has 18 heavy (non-hydrogen) atoms. The first-order chi connectivity index (χ1) is 8.38. The molecular formula is C14H21N3O. The number of nitrogens with one attached hydrogen (secondary N) is 1. The van der Waals surface area contributed by atoms with Crippen molar-refractivity contribution in [2.75, 3.05) is 17.7 Å². The third kappa shape index (κ3) is 3.64. The molecule has 0 radical (unpaired) electrons. The molecule has 0 aliphatic heterocycles. The molecule has 0 saturated carbocycles. The van der Waals surface area contributed by atoms with Gasteiger partial charge < -0.3 is 16.2 Å². The highest BCUT2D eigenvalue weighted by Gasteiger charge is 2.24. The van der Waals surface area contributed by atoms with Crippen molar-refractivity contribution in [3.8, 4) is 6.07 Å². The second-order valence-electron chi connectivity index (χ2n) is 5.49. The Morgan fingerprint density at radius 1 is 1.44 bits per heavy atom. The largest absolute Gasteiger partial charge is 0.397 e. The van der Waals surface area contributed by atoms with E-state index in [1.165, 1.54) is 0 Å². The van der Waals surface area contributed by atoms with Crippen molar-refractivity contribution >= 4 is 11.4 Å². The van der Waals surface area contributed by atoms with Crippen molar-refractivity contribution in [3.05, 3.63) is 23.8 Å². The van der Waals surface area contributed by atoms with E-state index in [0.717, 1.165) is 5.69 Å². The number of hydrogen-bond donors (Lipinski definition) is 3. The van der Waals surface area contributed by atoms with Gasteiger partial charge in [-0.05, 0) is 30.0 Å². The molecule has 1 unspecified atom stereocenters. The summed E-state index contributed by atoms with van der Waals surface area (Å²) in [6.07, 6.45) is 0.656. The predicted octanol–water partition coefficient (Wildman–Crippen LogP) is 2.35. The summed E-state index contributed by atoms with van der Waals surface area (Å²) in [4.78, 5) is 0. The Morgan fingerprint density at radius 3 is 2.56 bits per heavy atom. The van der Waals surface area contributed by atoms with Gasteiger partial charge in [0.15, 0.2) is 0 Å². The number of rotatable bonds is 4. The zero-order valence-electron chi connectivity index (χ0n) is 11.2. The van der Waals surface area contributed by atoms with Gasteiger partial charge in [-0.1, -0.05) is 20.8 Å². The zero-order valence-corrected chi connectivity index (χ0v) is 11.2. The standard InChI is InChI=1S/C14H21N3O/c1-14(2,3)13(6-7-18)17-12-5-4-10(9-15)8-11(12)16/h4-5,8,13,17-18H,6-7,16H2,1-3H3. The van der Waals surface area contributed by atoms with E-state index < -0.39 is 0 Å². The molecule has 1 aromatic rings. The van der Waals surface area contributed by atoms with E-state index in [4.69, 9.17) is 16.1 Å². The lowest BCUT2D eigenvalue weighted by Gasteiger charge is -2.32. The molecule has 1 atom stereocenters. The fourth-order valence-electron chi connectivity index (χ4n) is 1.80. The molecule has 0 fully saturated rings. The fraction of sp³-hybridized carbons (Fsp3) is 0.500. The molecule has 0 aliphatic rings. The third-order valence-corrected chi connectivity index (χ3v) is 2.97. The third-order valence-electron chi connectivity index (χ3n) is 2.97. The van der Waals surface area contributed by atoms with Gasteiger partial charge in [0.25, 0.3) is 0 Å². The van der Waals surface area contributed by atoms with E-state index in [1.54, 1.807) is 12.1 Å². The van der Waals surface area contributed by atoms with Crippen LogP contribution >= 0.6 is 0 Å². The molecule has 0 bridgehead atoms. The molecule has 0 aromatic heterocycles. The topological polar surface area (TPSA) is 82.1 Å². The minimum atomic E-state index is 0.0169. The fourth-order valence-corrected chi connectivity index (χ4v) is 1.80. The van der Waals surface area contributed by atoms with Gasteiger partial charge in [0, 0.05) is 12.6 Å². The molecule has 0 aliphatic carbocycles. The van der Waals surface area contributed by atoms with Crippen LogP contribution in [0.25, 0.3) is 0 Å². The minimum absolute atomic E-state index is 0.0169. The quantitative estimate of drug-likeness (QED) is 0.713. The number of hydrogen-bond acceptors (Lipinski definition) is 4. The van der Waals surface area contributed by atoms with Crippen LogP contribution in [-0.2, 0) is 0 Å². The van der Waals surface area contributed by atoms with Gasteiger partial charge in [0.1, 0.15) is 0 Å². The van der Waals surface area contributed by atoms with E-state index in [1.807, 2.05) is 6.07 Å². The molecule has 0 amide bonds. The van der Waals surface area contributed by atoms with Crippen LogP contribution in [0, 0.1) is 16.7 Å². The van der Waals surface area contributed by atoms with Gasteiger partial charge in [-0.25, -0.2) is 0 Å². The molecule has 1 rings (SSSR count). The molecule has 98 valence electrons. The Bertz CT molecular complexity index is 443. The van der Waals surface area contributed by atoms with Gasteiger partial charge in [0.05, 0.1) is 23.0 Å². The van der Waals surface area contributed by atoms with E-state index >= 15 is 0 Å². The summed E-state index contributed by atoms with van der Waals surface area (Å²) in [5.74, 6) is 0. The number of benzene rings is 1. The van der Waals surface area contributed by atoms with Crippen LogP contribution < -0.4 is 11.1 Å². The lowest BCUT2D eigenvalue weighted by atomic mass is 9.84. The monoisotopic (exact) mass is 247 g/mol. The Balaban J connectivity index is 2.91. The molecule has 0 heterocycles. The van der Waals surface area contributed by atoms with Crippen LogP contribution in [0.4, 0.5) is 11.4 Å². The number of aliphatic hydroxyl groups excluding tert-OH is 1. The molecule has 4 heteroatoms. The van der Waals surface area contributed by atoms with Crippen molar-refractivity contribution in [3.63, 3.8) is 0 Å². The maximum atomic E-state index is 9.12. The van der Waals surface area contributed by atoms with Crippen LogP contribution in [0.15, 0.2) is 18.2 Å². The highest BCUT2D eigenvalue weighted by molar-refractivity contribution is 5.68. The summed E-state index contributed by atoms with van der Waals surface area (Å²) in [7, 11) is 0. The number of nitrogen functional groups attached to an aromatic ring is 1. The second-order valence-corrected chi connectivity index (χ2v) is 5.49. The van der Waals surface area contributed by atoms with E-state index in [9.17, 15) is 0 Å². The number of nitrogens with zero attached hydrogens (tertiary/aromatic N) is 1. The molecule has 1 aromatic carbocycles. The maximum Gasteiger partial charge on any atom is 0.0992 e. The highest BCUT2D eigenvalue weighted by Crippen LogP contribution is 2.28. The first-order valence-electron chi connectivity index (χ1n) is 6.05. The number of nitrogens with two attached hydrogens (primary N) is 1. The number of nitriles is 1. The second kappa shape index (κ2) is 5.74. The van der Waals surface area contributed by atoms with Crippen LogP contribution in [-0.4, -0.2) is 17.8 Å². The smallest absolute Gasteiger partial charge is 0.0992 e. The summed E-state index contributed by atoms with van der Waals surface area (Å²) in [6.45, 7) is 6.46. The van der Waals surface area contributed by atoms with E-state index in [0.29, 0.717) is 17.7 Å². The van der Waals surface area contributed by atoms with Gasteiger partial charge >= 0.3 is 0 Å². The van der Waals surface area contributed by atoms with Crippen LogP contribution in [0.5, 0.6) is 0 Å². The van der Waals surface area contributed by atoms with Crippen LogP contribution in [0.1, 0.15) is 32.8 Å². The average molecular weight is 247 g/mol. The number of anilines is 2. The first kappa shape index (κ1) is 14.3. The Morgan fingerprint density at radius 2 is 2.11 bits per heavy atom. The van der Waals surface area contributed by atoms with Gasteiger partial charge in [-0.3, -0.25) is 0 Å². The molecular weight excluding hydrogens is 226 g/mol. The van der Waals surface area contributed by atoms with Gasteiger partial charge in [0.2, 0.25) is 0 Å². The van der Waals surface area contributed by atoms with Gasteiger partial charge in [-0.2, -0.15) is 5.26 Å². The summed E-state index contributed by atoms with van der Waals surface area (Å²) in [5.41, 5.74) is 7.84. The predicted molar refractivity (Wildman–Crippen MR) is 74.1 cm³/mol. The van der Waals surface area contributed by atoms with Crippen LogP contribution in [0.3, 0.4) is 0 Å². The summed E-state index contributed by atoms with van der Waals surface area (Å²) in [5, 5.41) is 21.2. The Labute approximate surface area is 108 Å². The molecule has 4 N–H and O–H groups in total. The Hall–Kier alpha value is -1.73. The van der Waals surface area contributed by atoms with Crippen molar-refractivity contribution in [2.24, 2.45) is 5.41 Å². The highest BCUT2D eigenvalue weighted by atomic mass is 16.3. The zero-order chi connectivity index (χ0) is 13.8. The molecule has 4 nitrogen and oxygen atoms in total. The Kier molecular flexibility index (Phi) is 4.57. The summed E-state index contributed by atoms with van der Waals surface area (Å²) >= 11 is 0. The molecule has 0 saturated heterocycles. The number of aliphatic hydroxyl groups is 1. The van der Waals surface area contributed by atoms with E-state index in [-0.39, 0.29) is 18.1 Å². The first-order valence-corrected chi connectivity index (χ1v) is 6.05. The normalized spacial score (nSPS) is 12.8.